The fourth-order valence-corrected chi connectivity index (χ4v) is 7.49. The quantitative estimate of drug-likeness (QED) is 0.498. The van der Waals surface area contributed by atoms with Crippen LogP contribution in [0.25, 0.3) is 0 Å². The van der Waals surface area contributed by atoms with Crippen LogP contribution < -0.4 is 0 Å². The Morgan fingerprint density at radius 3 is 0.900 bits per heavy atom. The Morgan fingerprint density at radius 1 is 0.333 bits per heavy atom. The SMILES string of the molecule is C1CCC(c2nnc(C3CCCCC3)c(C3CCCCC3)c2C2CCCCC2)CC1. The van der Waals surface area contributed by atoms with Crippen LogP contribution in [-0.4, -0.2) is 10.2 Å². The normalized spacial score (nSPS) is 26.1. The highest BCUT2D eigenvalue weighted by Crippen LogP contribution is 2.48. The predicted octanol–water partition coefficient (Wildman–Crippen LogP) is 8.67. The van der Waals surface area contributed by atoms with Crippen LogP contribution in [0.2, 0.25) is 0 Å². The van der Waals surface area contributed by atoms with Crippen molar-refractivity contribution in [3.8, 4) is 0 Å². The molecular weight excluding hydrogens is 364 g/mol. The van der Waals surface area contributed by atoms with E-state index in [1.807, 2.05) is 0 Å². The lowest BCUT2D eigenvalue weighted by molar-refractivity contribution is 0.381. The maximum Gasteiger partial charge on any atom is 0.0699 e. The zero-order valence-electron chi connectivity index (χ0n) is 19.3. The summed E-state index contributed by atoms with van der Waals surface area (Å²) in [4.78, 5) is 0. The number of nitrogens with zero attached hydrogens (tertiary/aromatic N) is 2. The Balaban J connectivity index is 1.62. The lowest BCUT2D eigenvalue weighted by atomic mass is 9.70. The van der Waals surface area contributed by atoms with Crippen molar-refractivity contribution >= 4 is 0 Å². The standard InChI is InChI=1S/C28H44N2/c1-5-13-21(14-6-1)25-26(22-15-7-2-8-16-22)28(24-19-11-4-12-20-24)30-29-27(25)23-17-9-3-10-18-23/h21-24H,1-20H2. The van der Waals surface area contributed by atoms with Gasteiger partial charge in [0.1, 0.15) is 0 Å². The molecule has 1 heterocycles. The first-order valence-electron chi connectivity index (χ1n) is 13.8. The minimum absolute atomic E-state index is 0.700. The van der Waals surface area contributed by atoms with Gasteiger partial charge in [-0.25, -0.2) is 0 Å². The Labute approximate surface area is 185 Å². The van der Waals surface area contributed by atoms with Crippen molar-refractivity contribution in [3.63, 3.8) is 0 Å². The molecule has 0 unspecified atom stereocenters. The molecule has 4 aliphatic rings. The van der Waals surface area contributed by atoms with Gasteiger partial charge in [-0.1, -0.05) is 77.0 Å². The minimum Gasteiger partial charge on any atom is -0.155 e. The van der Waals surface area contributed by atoms with E-state index < -0.39 is 0 Å². The van der Waals surface area contributed by atoms with E-state index in [-0.39, 0.29) is 0 Å². The van der Waals surface area contributed by atoms with Crippen LogP contribution in [0.3, 0.4) is 0 Å². The van der Waals surface area contributed by atoms with Gasteiger partial charge in [0, 0.05) is 11.8 Å². The molecule has 0 amide bonds. The van der Waals surface area contributed by atoms with E-state index in [1.54, 1.807) is 11.1 Å². The average Bonchev–Trinajstić information content (AvgIpc) is 2.85. The Kier molecular flexibility index (Phi) is 7.08. The highest BCUT2D eigenvalue weighted by Gasteiger charge is 2.35. The molecule has 2 nitrogen and oxygen atoms in total. The molecule has 30 heavy (non-hydrogen) atoms. The fraction of sp³-hybridized carbons (Fsp3) is 0.857. The summed E-state index contributed by atoms with van der Waals surface area (Å²) in [6.07, 6.45) is 28.2. The first-order chi connectivity index (χ1) is 14.9. The molecular formula is C28H44N2. The molecule has 0 radical (unpaired) electrons. The van der Waals surface area contributed by atoms with E-state index in [0.717, 1.165) is 11.8 Å². The van der Waals surface area contributed by atoms with Crippen LogP contribution in [0, 0.1) is 0 Å². The molecule has 0 aliphatic heterocycles. The lowest BCUT2D eigenvalue weighted by Crippen LogP contribution is -2.23. The topological polar surface area (TPSA) is 25.8 Å². The summed E-state index contributed by atoms with van der Waals surface area (Å²) in [6, 6.07) is 0. The molecule has 0 aromatic carbocycles. The summed E-state index contributed by atoms with van der Waals surface area (Å²) in [5.41, 5.74) is 6.54. The van der Waals surface area contributed by atoms with E-state index >= 15 is 0 Å². The Bertz CT molecular complexity index is 613. The molecule has 4 fully saturated rings. The van der Waals surface area contributed by atoms with Gasteiger partial charge in [0.25, 0.3) is 0 Å². The number of hydrogen-bond donors (Lipinski definition) is 0. The van der Waals surface area contributed by atoms with E-state index in [4.69, 9.17) is 10.2 Å². The predicted molar refractivity (Wildman–Crippen MR) is 125 cm³/mol. The van der Waals surface area contributed by atoms with Crippen molar-refractivity contribution in [1.82, 2.24) is 10.2 Å². The third-order valence-electron chi connectivity index (χ3n) is 9.12. The van der Waals surface area contributed by atoms with E-state index in [9.17, 15) is 0 Å². The second kappa shape index (κ2) is 10.1. The van der Waals surface area contributed by atoms with Gasteiger partial charge in [-0.15, -0.1) is 0 Å². The molecule has 4 aliphatic carbocycles. The Hall–Kier alpha value is -0.920. The largest absolute Gasteiger partial charge is 0.155 e. The molecule has 166 valence electrons. The minimum atomic E-state index is 0.700. The maximum absolute atomic E-state index is 5.16. The van der Waals surface area contributed by atoms with Crippen LogP contribution >= 0.6 is 0 Å². The summed E-state index contributed by atoms with van der Waals surface area (Å²) in [7, 11) is 0. The van der Waals surface area contributed by atoms with Gasteiger partial charge < -0.3 is 0 Å². The molecule has 0 spiro atoms. The summed E-state index contributed by atoms with van der Waals surface area (Å²) >= 11 is 0. The molecule has 1 aromatic rings. The third kappa shape index (κ3) is 4.49. The average molecular weight is 409 g/mol. The van der Waals surface area contributed by atoms with E-state index in [0.29, 0.717) is 11.8 Å². The fourth-order valence-electron chi connectivity index (χ4n) is 7.49. The number of hydrogen-bond acceptors (Lipinski definition) is 2. The van der Waals surface area contributed by atoms with E-state index in [1.165, 1.54) is 140 Å². The first-order valence-corrected chi connectivity index (χ1v) is 13.8. The zero-order chi connectivity index (χ0) is 20.2. The molecule has 0 N–H and O–H groups in total. The number of rotatable bonds is 4. The van der Waals surface area contributed by atoms with Gasteiger partial charge in [0.2, 0.25) is 0 Å². The molecule has 1 aromatic heterocycles. The van der Waals surface area contributed by atoms with Gasteiger partial charge in [-0.2, -0.15) is 10.2 Å². The van der Waals surface area contributed by atoms with Crippen LogP contribution in [0.4, 0.5) is 0 Å². The van der Waals surface area contributed by atoms with Crippen molar-refractivity contribution in [1.29, 1.82) is 0 Å². The third-order valence-corrected chi connectivity index (χ3v) is 9.12. The van der Waals surface area contributed by atoms with Crippen molar-refractivity contribution in [2.75, 3.05) is 0 Å². The molecule has 0 bridgehead atoms. The molecule has 2 heteroatoms. The zero-order valence-corrected chi connectivity index (χ0v) is 19.3. The van der Waals surface area contributed by atoms with Crippen molar-refractivity contribution in [3.05, 3.63) is 22.5 Å². The lowest BCUT2D eigenvalue weighted by Gasteiger charge is -2.36. The van der Waals surface area contributed by atoms with Gasteiger partial charge in [0.15, 0.2) is 0 Å². The summed E-state index contributed by atoms with van der Waals surface area (Å²) in [5, 5.41) is 10.3. The van der Waals surface area contributed by atoms with Gasteiger partial charge in [0.05, 0.1) is 11.4 Å². The summed E-state index contributed by atoms with van der Waals surface area (Å²) in [6.45, 7) is 0. The van der Waals surface area contributed by atoms with Crippen LogP contribution in [-0.2, 0) is 0 Å². The monoisotopic (exact) mass is 408 g/mol. The highest BCUT2D eigenvalue weighted by molar-refractivity contribution is 5.42. The van der Waals surface area contributed by atoms with Crippen molar-refractivity contribution < 1.29 is 0 Å². The second-order valence-electron chi connectivity index (χ2n) is 11.1. The van der Waals surface area contributed by atoms with Gasteiger partial charge in [-0.05, 0) is 74.3 Å². The smallest absolute Gasteiger partial charge is 0.0699 e. The second-order valence-corrected chi connectivity index (χ2v) is 11.1. The summed E-state index contributed by atoms with van der Waals surface area (Å²) in [5.74, 6) is 2.97. The van der Waals surface area contributed by atoms with Crippen molar-refractivity contribution in [2.24, 2.45) is 0 Å². The molecule has 0 atom stereocenters. The Morgan fingerprint density at radius 2 is 0.600 bits per heavy atom. The maximum atomic E-state index is 5.16. The first kappa shape index (κ1) is 21.0. The van der Waals surface area contributed by atoms with Gasteiger partial charge >= 0.3 is 0 Å². The molecule has 0 saturated heterocycles. The van der Waals surface area contributed by atoms with Crippen LogP contribution in [0.1, 0.15) is 175 Å². The van der Waals surface area contributed by atoms with Gasteiger partial charge in [-0.3, -0.25) is 0 Å². The molecule has 4 saturated carbocycles. The highest BCUT2D eigenvalue weighted by atomic mass is 15.1. The number of aromatic nitrogens is 2. The van der Waals surface area contributed by atoms with E-state index in [2.05, 4.69) is 0 Å². The van der Waals surface area contributed by atoms with Crippen molar-refractivity contribution in [2.45, 2.75) is 152 Å². The van der Waals surface area contributed by atoms with Crippen LogP contribution in [0.15, 0.2) is 0 Å². The molecule has 5 rings (SSSR count). The summed E-state index contributed by atoms with van der Waals surface area (Å²) < 4.78 is 0. The van der Waals surface area contributed by atoms with Crippen LogP contribution in [0.5, 0.6) is 0 Å².